The zero-order chi connectivity index (χ0) is 16.2. The molecule has 0 aliphatic rings. The zero-order valence-electron chi connectivity index (χ0n) is 13.2. The fourth-order valence-electron chi connectivity index (χ4n) is 2.57. The van der Waals surface area contributed by atoms with E-state index in [1.807, 2.05) is 37.3 Å². The van der Waals surface area contributed by atoms with Gasteiger partial charge in [-0.15, -0.1) is 0 Å². The van der Waals surface area contributed by atoms with Crippen LogP contribution < -0.4 is 9.47 Å². The van der Waals surface area contributed by atoms with Gasteiger partial charge >= 0.3 is 0 Å². The molecule has 0 amide bonds. The normalized spacial score (nSPS) is 10.7. The highest BCUT2D eigenvalue weighted by Gasteiger charge is 2.07. The minimum absolute atomic E-state index is 0.468. The number of hydrogen-bond donors (Lipinski definition) is 0. The Morgan fingerprint density at radius 2 is 1.78 bits per heavy atom. The predicted octanol–water partition coefficient (Wildman–Crippen LogP) is 5.07. The Bertz CT molecular complexity index is 804. The van der Waals surface area contributed by atoms with Crippen molar-refractivity contribution in [1.82, 2.24) is 4.98 Å². The molecule has 4 heteroatoms. The number of ether oxygens (including phenoxy) is 2. The van der Waals surface area contributed by atoms with Crippen LogP contribution in [-0.4, -0.2) is 18.2 Å². The molecule has 0 aliphatic carbocycles. The zero-order valence-corrected chi connectivity index (χ0v) is 14.8. The molecule has 3 rings (SSSR count). The molecule has 3 nitrogen and oxygen atoms in total. The van der Waals surface area contributed by atoms with E-state index < -0.39 is 0 Å². The van der Waals surface area contributed by atoms with Crippen LogP contribution in [0.2, 0.25) is 0 Å². The number of hydrogen-bond acceptors (Lipinski definition) is 3. The van der Waals surface area contributed by atoms with E-state index in [1.165, 1.54) is 5.56 Å². The smallest absolute Gasteiger partial charge is 0.145 e. The molecule has 0 radical (unpaired) electrons. The molecule has 0 aliphatic heterocycles. The van der Waals surface area contributed by atoms with Gasteiger partial charge in [-0.2, -0.15) is 0 Å². The Labute approximate surface area is 144 Å². The third kappa shape index (κ3) is 3.64. The Kier molecular flexibility index (Phi) is 4.82. The Hall–Kier alpha value is -2.07. The van der Waals surface area contributed by atoms with Crippen LogP contribution in [0.15, 0.2) is 53.1 Å². The van der Waals surface area contributed by atoms with E-state index >= 15 is 0 Å². The molecule has 0 N–H and O–H groups in total. The number of halogens is 1. The van der Waals surface area contributed by atoms with E-state index in [-0.39, 0.29) is 0 Å². The number of para-hydroxylation sites is 1. The van der Waals surface area contributed by atoms with Gasteiger partial charge in [0.1, 0.15) is 30.2 Å². The average molecular weight is 372 g/mol. The second kappa shape index (κ2) is 7.01. The molecule has 1 aromatic heterocycles. The van der Waals surface area contributed by atoms with Gasteiger partial charge in [-0.3, -0.25) is 4.98 Å². The van der Waals surface area contributed by atoms with Crippen molar-refractivity contribution >= 4 is 26.8 Å². The van der Waals surface area contributed by atoms with Gasteiger partial charge in [-0.1, -0.05) is 24.3 Å². The summed E-state index contributed by atoms with van der Waals surface area (Å²) in [4.78, 5) is 4.38. The topological polar surface area (TPSA) is 31.4 Å². The summed E-state index contributed by atoms with van der Waals surface area (Å²) in [6, 6.07) is 14.0. The number of pyridine rings is 1. The van der Waals surface area contributed by atoms with Crippen LogP contribution in [0, 0.1) is 13.8 Å². The van der Waals surface area contributed by atoms with Crippen molar-refractivity contribution in [3.63, 3.8) is 0 Å². The summed E-state index contributed by atoms with van der Waals surface area (Å²) in [7, 11) is 0. The molecule has 0 saturated heterocycles. The van der Waals surface area contributed by atoms with E-state index in [1.54, 1.807) is 6.20 Å². The SMILES string of the molecule is Cc1cc(C)c(OCCOc2cccc3cccnc23)c(Br)c1. The fraction of sp³-hybridized carbons (Fsp3) is 0.211. The second-order valence-corrected chi connectivity index (χ2v) is 6.28. The summed E-state index contributed by atoms with van der Waals surface area (Å²) in [5, 5.41) is 1.07. The third-order valence-electron chi connectivity index (χ3n) is 3.56. The van der Waals surface area contributed by atoms with Crippen molar-refractivity contribution in [2.75, 3.05) is 13.2 Å². The van der Waals surface area contributed by atoms with Gasteiger partial charge in [-0.25, -0.2) is 0 Å². The highest BCUT2D eigenvalue weighted by molar-refractivity contribution is 9.10. The minimum Gasteiger partial charge on any atom is -0.489 e. The van der Waals surface area contributed by atoms with Crippen LogP contribution in [0.25, 0.3) is 10.9 Å². The van der Waals surface area contributed by atoms with Crippen LogP contribution in [0.5, 0.6) is 11.5 Å². The molecule has 0 spiro atoms. The molecule has 0 bridgehead atoms. The summed E-state index contributed by atoms with van der Waals surface area (Å²) in [5.41, 5.74) is 3.20. The molecule has 0 saturated carbocycles. The van der Waals surface area contributed by atoms with Gasteiger partial charge < -0.3 is 9.47 Å². The molecular weight excluding hydrogens is 354 g/mol. The summed E-state index contributed by atoms with van der Waals surface area (Å²) >= 11 is 3.55. The first-order valence-corrected chi connectivity index (χ1v) is 8.30. The number of rotatable bonds is 5. The molecule has 0 atom stereocenters. The van der Waals surface area contributed by atoms with Crippen molar-refractivity contribution in [2.45, 2.75) is 13.8 Å². The molecule has 2 aromatic carbocycles. The van der Waals surface area contributed by atoms with Crippen LogP contribution in [0.1, 0.15) is 11.1 Å². The second-order valence-electron chi connectivity index (χ2n) is 5.42. The first-order chi connectivity index (χ1) is 11.1. The monoisotopic (exact) mass is 371 g/mol. The van der Waals surface area contributed by atoms with Crippen LogP contribution >= 0.6 is 15.9 Å². The maximum Gasteiger partial charge on any atom is 0.145 e. The van der Waals surface area contributed by atoms with Gasteiger partial charge in [0.25, 0.3) is 0 Å². The van der Waals surface area contributed by atoms with Crippen LogP contribution in [0.4, 0.5) is 0 Å². The lowest BCUT2D eigenvalue weighted by atomic mass is 10.1. The highest BCUT2D eigenvalue weighted by Crippen LogP contribution is 2.30. The predicted molar refractivity (Wildman–Crippen MR) is 96.3 cm³/mol. The van der Waals surface area contributed by atoms with Gasteiger partial charge in [-0.05, 0) is 59.1 Å². The van der Waals surface area contributed by atoms with Crippen molar-refractivity contribution in [2.24, 2.45) is 0 Å². The Morgan fingerprint density at radius 3 is 2.61 bits per heavy atom. The largest absolute Gasteiger partial charge is 0.489 e. The van der Waals surface area contributed by atoms with Gasteiger partial charge in [0.05, 0.1) is 4.47 Å². The molecule has 118 valence electrons. The lowest BCUT2D eigenvalue weighted by Crippen LogP contribution is -2.10. The van der Waals surface area contributed by atoms with Crippen LogP contribution in [-0.2, 0) is 0 Å². The van der Waals surface area contributed by atoms with E-state index in [0.29, 0.717) is 13.2 Å². The van der Waals surface area contributed by atoms with E-state index in [4.69, 9.17) is 9.47 Å². The summed E-state index contributed by atoms with van der Waals surface area (Å²) in [6.45, 7) is 5.06. The van der Waals surface area contributed by atoms with E-state index in [2.05, 4.69) is 40.0 Å². The minimum atomic E-state index is 0.468. The van der Waals surface area contributed by atoms with Gasteiger partial charge in [0, 0.05) is 11.6 Å². The van der Waals surface area contributed by atoms with E-state index in [0.717, 1.165) is 32.4 Å². The quantitative estimate of drug-likeness (QED) is 0.586. The summed E-state index contributed by atoms with van der Waals surface area (Å²) < 4.78 is 12.7. The van der Waals surface area contributed by atoms with Gasteiger partial charge in [0.2, 0.25) is 0 Å². The van der Waals surface area contributed by atoms with Crippen molar-refractivity contribution < 1.29 is 9.47 Å². The molecule has 0 unspecified atom stereocenters. The van der Waals surface area contributed by atoms with Crippen LogP contribution in [0.3, 0.4) is 0 Å². The number of aromatic nitrogens is 1. The summed E-state index contributed by atoms with van der Waals surface area (Å²) in [5.74, 6) is 1.65. The highest BCUT2D eigenvalue weighted by atomic mass is 79.9. The maximum absolute atomic E-state index is 5.86. The average Bonchev–Trinajstić information content (AvgIpc) is 2.53. The number of nitrogens with zero attached hydrogens (tertiary/aromatic N) is 1. The van der Waals surface area contributed by atoms with Crippen molar-refractivity contribution in [3.05, 3.63) is 64.3 Å². The fourth-order valence-corrected chi connectivity index (χ4v) is 3.36. The molecule has 0 fully saturated rings. The lowest BCUT2D eigenvalue weighted by Gasteiger charge is -2.13. The number of fused-ring (bicyclic) bond motifs is 1. The van der Waals surface area contributed by atoms with E-state index in [9.17, 15) is 0 Å². The first-order valence-electron chi connectivity index (χ1n) is 7.51. The molecule has 3 aromatic rings. The van der Waals surface area contributed by atoms with Crippen molar-refractivity contribution in [3.8, 4) is 11.5 Å². The Morgan fingerprint density at radius 1 is 1.00 bits per heavy atom. The van der Waals surface area contributed by atoms with Gasteiger partial charge in [0.15, 0.2) is 0 Å². The maximum atomic E-state index is 5.86. The van der Waals surface area contributed by atoms with Crippen molar-refractivity contribution in [1.29, 1.82) is 0 Å². The Balaban J connectivity index is 1.64. The molecular formula is C19H18BrNO2. The lowest BCUT2D eigenvalue weighted by molar-refractivity contribution is 0.217. The first kappa shape index (κ1) is 15.8. The standard InChI is InChI=1S/C19H18BrNO2/c1-13-11-14(2)19(16(20)12-13)23-10-9-22-17-7-3-5-15-6-4-8-21-18(15)17/h3-8,11-12H,9-10H2,1-2H3. The number of benzene rings is 2. The third-order valence-corrected chi connectivity index (χ3v) is 4.15. The summed E-state index contributed by atoms with van der Waals surface area (Å²) in [6.07, 6.45) is 1.78. The number of aryl methyl sites for hydroxylation is 2. The molecule has 23 heavy (non-hydrogen) atoms. The molecule has 1 heterocycles.